The lowest BCUT2D eigenvalue weighted by molar-refractivity contribution is -0.125. The molecule has 1 heterocycles. The number of carbonyl (C=O) groups is 4. The molecule has 0 spiro atoms. The van der Waals surface area contributed by atoms with Crippen molar-refractivity contribution in [2.45, 2.75) is 46.5 Å². The van der Waals surface area contributed by atoms with Gasteiger partial charge in [0.15, 0.2) is 6.61 Å². The molecule has 0 radical (unpaired) electrons. The predicted molar refractivity (Wildman–Crippen MR) is 131 cm³/mol. The minimum Gasteiger partial charge on any atom is -0.452 e. The van der Waals surface area contributed by atoms with E-state index in [1.165, 1.54) is 18.3 Å². The summed E-state index contributed by atoms with van der Waals surface area (Å²) in [5.74, 6) is -2.10. The molecule has 1 aromatic heterocycles. The van der Waals surface area contributed by atoms with Crippen molar-refractivity contribution in [3.05, 3.63) is 45.8 Å². The van der Waals surface area contributed by atoms with E-state index in [9.17, 15) is 19.2 Å². The fourth-order valence-corrected chi connectivity index (χ4v) is 5.20. The fraction of sp³-hybridized carbons (Fsp3) is 0.417. The maximum Gasteiger partial charge on any atom is 0.341 e. The van der Waals surface area contributed by atoms with E-state index in [-0.39, 0.29) is 5.91 Å². The van der Waals surface area contributed by atoms with E-state index < -0.39 is 24.4 Å². The first-order valence-corrected chi connectivity index (χ1v) is 12.2. The van der Waals surface area contributed by atoms with Crippen molar-refractivity contribution in [2.75, 3.05) is 29.9 Å². The number of rotatable bonds is 8. The largest absolute Gasteiger partial charge is 0.452 e. The van der Waals surface area contributed by atoms with Crippen molar-refractivity contribution in [3.63, 3.8) is 0 Å². The molecule has 10 heteroatoms. The molecule has 0 saturated heterocycles. The number of benzene rings is 1. The Balaban J connectivity index is 1.54. The van der Waals surface area contributed by atoms with Gasteiger partial charge in [-0.15, -0.1) is 11.3 Å². The van der Waals surface area contributed by atoms with Crippen LogP contribution in [0.3, 0.4) is 0 Å². The predicted octanol–water partition coefficient (Wildman–Crippen LogP) is 3.05. The normalized spacial score (nSPS) is 12.3. The monoisotopic (exact) mass is 486 g/mol. The highest BCUT2D eigenvalue weighted by atomic mass is 32.1. The molecule has 3 amide bonds. The minimum absolute atomic E-state index is 0.279. The first-order chi connectivity index (χ1) is 16.3. The number of thiophene rings is 1. The van der Waals surface area contributed by atoms with Gasteiger partial charge in [-0.25, -0.2) is 4.79 Å². The number of fused-ring (bicyclic) bond motifs is 1. The van der Waals surface area contributed by atoms with Crippen molar-refractivity contribution in [1.29, 1.82) is 0 Å². The van der Waals surface area contributed by atoms with Crippen molar-refractivity contribution < 1.29 is 23.9 Å². The van der Waals surface area contributed by atoms with E-state index >= 15 is 0 Å². The van der Waals surface area contributed by atoms with E-state index in [4.69, 9.17) is 4.74 Å². The Kier molecular flexibility index (Phi) is 8.64. The summed E-state index contributed by atoms with van der Waals surface area (Å²) >= 11 is 1.38. The van der Waals surface area contributed by atoms with Gasteiger partial charge in [-0.05, 0) is 69.4 Å². The van der Waals surface area contributed by atoms with E-state index in [2.05, 4.69) is 34.9 Å². The Bertz CT molecular complexity index is 1060. The third-order valence-corrected chi connectivity index (χ3v) is 6.78. The van der Waals surface area contributed by atoms with Gasteiger partial charge >= 0.3 is 5.97 Å². The lowest BCUT2D eigenvalue weighted by Gasteiger charge is -2.21. The summed E-state index contributed by atoms with van der Waals surface area (Å²) in [6.07, 6.45) is 3.56. The number of hydrazine groups is 1. The summed E-state index contributed by atoms with van der Waals surface area (Å²) in [4.78, 5) is 52.0. The second kappa shape index (κ2) is 11.6. The highest BCUT2D eigenvalue weighted by Crippen LogP contribution is 2.38. The summed E-state index contributed by atoms with van der Waals surface area (Å²) in [7, 11) is 0. The van der Waals surface area contributed by atoms with Crippen molar-refractivity contribution in [3.8, 4) is 0 Å². The molecule has 0 saturated carbocycles. The Morgan fingerprint density at radius 3 is 2.32 bits per heavy atom. The molecule has 0 atom stereocenters. The van der Waals surface area contributed by atoms with Gasteiger partial charge in [0, 0.05) is 36.1 Å². The second-order valence-corrected chi connectivity index (χ2v) is 9.00. The molecule has 0 unspecified atom stereocenters. The Morgan fingerprint density at radius 1 is 1.00 bits per heavy atom. The van der Waals surface area contributed by atoms with Crippen LogP contribution in [-0.2, 0) is 27.2 Å². The maximum atomic E-state index is 12.7. The SMILES string of the molecule is CCN(CC)c1ccc(C(=O)NNC(=O)COC(=O)c2c(NC(C)=O)sc3c2CCCC3)cc1. The third kappa shape index (κ3) is 6.13. The van der Waals surface area contributed by atoms with Crippen molar-refractivity contribution in [1.82, 2.24) is 10.9 Å². The quantitative estimate of drug-likeness (QED) is 0.390. The molecular formula is C24H30N4O5S. The van der Waals surface area contributed by atoms with Crippen LogP contribution in [0.5, 0.6) is 0 Å². The van der Waals surface area contributed by atoms with Gasteiger partial charge in [-0.2, -0.15) is 0 Å². The van der Waals surface area contributed by atoms with E-state index in [0.717, 1.165) is 54.9 Å². The second-order valence-electron chi connectivity index (χ2n) is 7.89. The van der Waals surface area contributed by atoms with Gasteiger partial charge in [-0.3, -0.25) is 25.2 Å². The Morgan fingerprint density at radius 2 is 1.68 bits per heavy atom. The number of hydrogen-bond acceptors (Lipinski definition) is 7. The first-order valence-electron chi connectivity index (χ1n) is 11.4. The molecule has 0 fully saturated rings. The van der Waals surface area contributed by atoms with Gasteiger partial charge in [0.1, 0.15) is 5.00 Å². The zero-order valence-electron chi connectivity index (χ0n) is 19.7. The van der Waals surface area contributed by atoms with Crippen molar-refractivity contribution >= 4 is 45.7 Å². The van der Waals surface area contributed by atoms with Gasteiger partial charge in [0.05, 0.1) is 5.56 Å². The summed E-state index contributed by atoms with van der Waals surface area (Å²) < 4.78 is 5.19. The molecule has 1 aliphatic rings. The zero-order chi connectivity index (χ0) is 24.7. The smallest absolute Gasteiger partial charge is 0.341 e. The van der Waals surface area contributed by atoms with Crippen LogP contribution in [0.25, 0.3) is 0 Å². The van der Waals surface area contributed by atoms with Crippen LogP contribution in [0.4, 0.5) is 10.7 Å². The molecule has 9 nitrogen and oxygen atoms in total. The number of ether oxygens (including phenoxy) is 1. The Labute approximate surface area is 202 Å². The van der Waals surface area contributed by atoms with Crippen LogP contribution in [-0.4, -0.2) is 43.4 Å². The summed E-state index contributed by atoms with van der Waals surface area (Å²) in [6.45, 7) is 6.64. The maximum absolute atomic E-state index is 12.7. The van der Waals surface area contributed by atoms with E-state index in [1.54, 1.807) is 12.1 Å². The van der Waals surface area contributed by atoms with Crippen LogP contribution in [0.15, 0.2) is 24.3 Å². The molecule has 1 aliphatic carbocycles. The van der Waals surface area contributed by atoms with Gasteiger partial charge in [0.25, 0.3) is 11.8 Å². The van der Waals surface area contributed by atoms with E-state index in [0.29, 0.717) is 16.1 Å². The molecule has 2 aromatic rings. The van der Waals surface area contributed by atoms with E-state index in [1.807, 2.05) is 12.1 Å². The van der Waals surface area contributed by atoms with Crippen LogP contribution >= 0.6 is 11.3 Å². The molecule has 3 rings (SSSR count). The van der Waals surface area contributed by atoms with Crippen LogP contribution in [0.2, 0.25) is 0 Å². The number of anilines is 2. The van der Waals surface area contributed by atoms with Gasteiger partial charge in [-0.1, -0.05) is 0 Å². The molecule has 0 aliphatic heterocycles. The molecule has 0 bridgehead atoms. The molecule has 182 valence electrons. The number of amides is 3. The molecule has 3 N–H and O–H groups in total. The lowest BCUT2D eigenvalue weighted by Crippen LogP contribution is -2.43. The van der Waals surface area contributed by atoms with Crippen LogP contribution in [0.1, 0.15) is 64.8 Å². The number of carbonyl (C=O) groups excluding carboxylic acids is 4. The summed E-state index contributed by atoms with van der Waals surface area (Å²) in [5.41, 5.74) is 7.17. The average Bonchev–Trinajstić information content (AvgIpc) is 3.19. The molecule has 34 heavy (non-hydrogen) atoms. The first kappa shape index (κ1) is 25.2. The highest BCUT2D eigenvalue weighted by molar-refractivity contribution is 7.17. The summed E-state index contributed by atoms with van der Waals surface area (Å²) in [5, 5.41) is 3.14. The molecular weight excluding hydrogens is 456 g/mol. The highest BCUT2D eigenvalue weighted by Gasteiger charge is 2.27. The lowest BCUT2D eigenvalue weighted by atomic mass is 9.95. The average molecular weight is 487 g/mol. The standard InChI is InChI=1S/C24H30N4O5S/c1-4-28(5-2)17-12-10-16(11-13-17)22(31)27-26-20(30)14-33-24(32)21-18-8-6-7-9-19(18)34-23(21)25-15(3)29/h10-13H,4-9,14H2,1-3H3,(H,25,29)(H,26,30)(H,27,31). The number of nitrogens with one attached hydrogen (secondary N) is 3. The fourth-order valence-electron chi connectivity index (χ4n) is 3.88. The zero-order valence-corrected chi connectivity index (χ0v) is 20.5. The number of esters is 1. The number of aryl methyl sites for hydroxylation is 1. The van der Waals surface area contributed by atoms with Crippen LogP contribution < -0.4 is 21.1 Å². The topological polar surface area (TPSA) is 117 Å². The molecule has 1 aromatic carbocycles. The minimum atomic E-state index is -0.674. The van der Waals surface area contributed by atoms with Crippen LogP contribution in [0, 0.1) is 0 Å². The number of nitrogens with zero attached hydrogens (tertiary/aromatic N) is 1. The van der Waals surface area contributed by atoms with Gasteiger partial charge < -0.3 is 15.0 Å². The summed E-state index contributed by atoms with van der Waals surface area (Å²) in [6, 6.07) is 7.05. The Hall–Kier alpha value is -3.40. The number of hydrogen-bond donors (Lipinski definition) is 3. The van der Waals surface area contributed by atoms with Crippen molar-refractivity contribution in [2.24, 2.45) is 0 Å². The van der Waals surface area contributed by atoms with Gasteiger partial charge in [0.2, 0.25) is 5.91 Å². The third-order valence-electron chi connectivity index (χ3n) is 5.57.